The summed E-state index contributed by atoms with van der Waals surface area (Å²) in [6, 6.07) is 25.9. The fraction of sp³-hybridized carbons (Fsp3) is 0.500. The Balaban J connectivity index is 0. The Morgan fingerprint density at radius 2 is 0.969 bits per heavy atom. The van der Waals surface area contributed by atoms with Gasteiger partial charge in [-0.25, -0.2) is 0 Å². The highest BCUT2D eigenvalue weighted by atomic mass is 14.2. The van der Waals surface area contributed by atoms with E-state index in [4.69, 9.17) is 0 Å². The molecule has 0 saturated carbocycles. The van der Waals surface area contributed by atoms with Crippen LogP contribution in [0.15, 0.2) is 72.8 Å². The van der Waals surface area contributed by atoms with Crippen LogP contribution in [0.2, 0.25) is 0 Å². The van der Waals surface area contributed by atoms with E-state index < -0.39 is 0 Å². The van der Waals surface area contributed by atoms with E-state index in [0.29, 0.717) is 11.8 Å². The van der Waals surface area contributed by atoms with Gasteiger partial charge in [0.15, 0.2) is 0 Å². The maximum atomic E-state index is 2.34. The van der Waals surface area contributed by atoms with Crippen molar-refractivity contribution in [2.45, 2.75) is 94.9 Å². The van der Waals surface area contributed by atoms with Crippen LogP contribution in [0.4, 0.5) is 0 Å². The van der Waals surface area contributed by atoms with Crippen LogP contribution in [0.25, 0.3) is 10.8 Å². The highest BCUT2D eigenvalue weighted by Gasteiger charge is 2.16. The molecule has 0 aliphatic carbocycles. The standard InChI is InChI=1S/C13H14.C13H20.3C2H6/c1-10(2)12-9-5-7-11-6-3-4-8-13(11)12;1-10(2)11(3)12(4)13-8-6-5-7-9-13;3*1-2/h3-10H,1-2H3;5-12H,1-4H3;3*1-2H3. The Morgan fingerprint density at radius 1 is 0.500 bits per heavy atom. The maximum absolute atomic E-state index is 2.34. The number of rotatable bonds is 4. The number of fused-ring (bicyclic) bond motifs is 1. The quantitative estimate of drug-likeness (QED) is 0.381. The van der Waals surface area contributed by atoms with Crippen LogP contribution in [0, 0.1) is 11.8 Å². The van der Waals surface area contributed by atoms with Crippen LogP contribution in [0.5, 0.6) is 0 Å². The summed E-state index contributed by atoms with van der Waals surface area (Å²) in [6.07, 6.45) is 0. The summed E-state index contributed by atoms with van der Waals surface area (Å²) in [5.41, 5.74) is 2.90. The van der Waals surface area contributed by atoms with Gasteiger partial charge in [-0.15, -0.1) is 0 Å². The molecule has 0 nitrogen and oxygen atoms in total. The molecular weight excluding hydrogens is 384 g/mol. The molecule has 2 unspecified atom stereocenters. The molecule has 0 aromatic heterocycles. The number of hydrogen-bond donors (Lipinski definition) is 0. The zero-order valence-electron chi connectivity index (χ0n) is 23.2. The van der Waals surface area contributed by atoms with Gasteiger partial charge in [0, 0.05) is 0 Å². The molecule has 32 heavy (non-hydrogen) atoms. The zero-order chi connectivity index (χ0) is 25.1. The molecule has 0 heteroatoms. The first-order valence-corrected chi connectivity index (χ1v) is 12.9. The minimum atomic E-state index is 0.603. The molecule has 0 spiro atoms. The van der Waals surface area contributed by atoms with Gasteiger partial charge in [0.2, 0.25) is 0 Å². The smallest absolute Gasteiger partial charge is 0.0149 e. The lowest BCUT2D eigenvalue weighted by Gasteiger charge is -2.23. The second-order valence-electron chi connectivity index (χ2n) is 8.03. The third kappa shape index (κ3) is 11.0. The first-order chi connectivity index (χ1) is 15.4. The molecular formula is C32H52. The van der Waals surface area contributed by atoms with E-state index in [1.54, 1.807) is 0 Å². The van der Waals surface area contributed by atoms with Gasteiger partial charge in [0.1, 0.15) is 0 Å². The molecule has 3 aromatic carbocycles. The maximum Gasteiger partial charge on any atom is -0.0149 e. The fourth-order valence-electron chi connectivity index (χ4n) is 3.39. The van der Waals surface area contributed by atoms with Crippen molar-refractivity contribution in [1.29, 1.82) is 0 Å². The van der Waals surface area contributed by atoms with Crippen LogP contribution < -0.4 is 0 Å². The predicted octanol–water partition coefficient (Wildman–Crippen LogP) is 11.1. The predicted molar refractivity (Wildman–Crippen MR) is 151 cm³/mol. The van der Waals surface area contributed by atoms with Crippen LogP contribution in [-0.4, -0.2) is 0 Å². The molecule has 0 N–H and O–H groups in total. The number of hydrogen-bond acceptors (Lipinski definition) is 0. The lowest BCUT2D eigenvalue weighted by atomic mass is 9.82. The summed E-state index contributed by atoms with van der Waals surface area (Å²) in [5.74, 6) is 2.78. The molecule has 180 valence electrons. The molecule has 3 rings (SSSR count). The first-order valence-electron chi connectivity index (χ1n) is 12.9. The molecule has 0 heterocycles. The molecule has 0 saturated heterocycles. The van der Waals surface area contributed by atoms with E-state index in [9.17, 15) is 0 Å². The third-order valence-corrected chi connectivity index (χ3v) is 5.61. The Labute approximate surface area is 201 Å². The van der Waals surface area contributed by atoms with Gasteiger partial charge in [-0.3, -0.25) is 0 Å². The lowest BCUT2D eigenvalue weighted by Crippen LogP contribution is -2.12. The van der Waals surface area contributed by atoms with Crippen molar-refractivity contribution in [1.82, 2.24) is 0 Å². The normalized spacial score (nSPS) is 11.4. The molecule has 2 atom stereocenters. The van der Waals surface area contributed by atoms with E-state index in [-0.39, 0.29) is 0 Å². The van der Waals surface area contributed by atoms with Crippen LogP contribution in [-0.2, 0) is 0 Å². The van der Waals surface area contributed by atoms with Crippen LogP contribution in [0.3, 0.4) is 0 Å². The SMILES string of the molecule is CC.CC.CC.CC(C)C(C)C(C)c1ccccc1.CC(C)c1cccc2ccccc12. The second-order valence-corrected chi connectivity index (χ2v) is 8.03. The van der Waals surface area contributed by atoms with E-state index in [1.165, 1.54) is 21.9 Å². The minimum Gasteiger partial charge on any atom is -0.0683 e. The Kier molecular flexibility index (Phi) is 19.7. The topological polar surface area (TPSA) is 0 Å². The largest absolute Gasteiger partial charge is 0.0683 e. The number of benzene rings is 3. The first kappa shape index (κ1) is 32.1. The molecule has 3 aromatic rings. The van der Waals surface area contributed by atoms with E-state index in [2.05, 4.69) is 114 Å². The van der Waals surface area contributed by atoms with Gasteiger partial charge in [-0.1, -0.05) is 156 Å². The minimum absolute atomic E-state index is 0.603. The zero-order valence-corrected chi connectivity index (χ0v) is 23.2. The summed E-state index contributed by atoms with van der Waals surface area (Å²) in [6.45, 7) is 25.7. The van der Waals surface area contributed by atoms with Gasteiger partial charge in [0.25, 0.3) is 0 Å². The summed E-state index contributed by atoms with van der Waals surface area (Å²) in [7, 11) is 0. The van der Waals surface area contributed by atoms with Crippen molar-refractivity contribution in [3.05, 3.63) is 83.9 Å². The lowest BCUT2D eigenvalue weighted by molar-refractivity contribution is 0.362. The second kappa shape index (κ2) is 19.6. The van der Waals surface area contributed by atoms with Crippen molar-refractivity contribution in [3.63, 3.8) is 0 Å². The molecule has 0 radical (unpaired) electrons. The Hall–Kier alpha value is -2.08. The summed E-state index contributed by atoms with van der Waals surface area (Å²) < 4.78 is 0. The van der Waals surface area contributed by atoms with Gasteiger partial charge in [-0.2, -0.15) is 0 Å². The monoisotopic (exact) mass is 436 g/mol. The van der Waals surface area contributed by atoms with E-state index in [1.807, 2.05) is 41.5 Å². The van der Waals surface area contributed by atoms with Crippen molar-refractivity contribution >= 4 is 10.8 Å². The third-order valence-electron chi connectivity index (χ3n) is 5.61. The van der Waals surface area contributed by atoms with Crippen molar-refractivity contribution in [2.24, 2.45) is 11.8 Å². The van der Waals surface area contributed by atoms with Crippen LogP contribution >= 0.6 is 0 Å². The molecule has 0 amide bonds. The van der Waals surface area contributed by atoms with Gasteiger partial charge in [0.05, 0.1) is 0 Å². The van der Waals surface area contributed by atoms with E-state index >= 15 is 0 Å². The molecule has 0 aliphatic rings. The summed E-state index contributed by atoms with van der Waals surface area (Å²) in [4.78, 5) is 0. The fourth-order valence-corrected chi connectivity index (χ4v) is 3.39. The van der Waals surface area contributed by atoms with Crippen molar-refractivity contribution in [2.75, 3.05) is 0 Å². The summed E-state index contributed by atoms with van der Waals surface area (Å²) >= 11 is 0. The molecule has 0 fully saturated rings. The highest BCUT2D eigenvalue weighted by Crippen LogP contribution is 2.29. The van der Waals surface area contributed by atoms with Crippen LogP contribution in [0.1, 0.15) is 106 Å². The Bertz CT molecular complexity index is 778. The highest BCUT2D eigenvalue weighted by molar-refractivity contribution is 5.86. The average Bonchev–Trinajstić information content (AvgIpc) is 2.87. The van der Waals surface area contributed by atoms with Crippen molar-refractivity contribution < 1.29 is 0 Å². The summed E-state index contributed by atoms with van der Waals surface area (Å²) in [5, 5.41) is 2.73. The molecule has 0 bridgehead atoms. The van der Waals surface area contributed by atoms with E-state index in [0.717, 1.165) is 11.8 Å². The van der Waals surface area contributed by atoms with Gasteiger partial charge in [-0.05, 0) is 45.6 Å². The van der Waals surface area contributed by atoms with Gasteiger partial charge < -0.3 is 0 Å². The average molecular weight is 437 g/mol. The molecule has 0 aliphatic heterocycles. The van der Waals surface area contributed by atoms with Crippen molar-refractivity contribution in [3.8, 4) is 0 Å². The van der Waals surface area contributed by atoms with Gasteiger partial charge >= 0.3 is 0 Å². The Morgan fingerprint density at radius 3 is 1.47 bits per heavy atom.